The molecule has 0 amide bonds. The summed E-state index contributed by atoms with van der Waals surface area (Å²) in [5.41, 5.74) is 1.49. The summed E-state index contributed by atoms with van der Waals surface area (Å²) in [4.78, 5) is 24.3. The van der Waals surface area contributed by atoms with Gasteiger partial charge in [-0.05, 0) is 48.9 Å². The number of halogens is 2. The van der Waals surface area contributed by atoms with Crippen LogP contribution in [0.4, 0.5) is 5.69 Å². The molecule has 0 aromatic heterocycles. The molecule has 0 atom stereocenters. The summed E-state index contributed by atoms with van der Waals surface area (Å²) in [6.07, 6.45) is 3.44. The normalized spacial score (nSPS) is 10.8. The number of Topliss-reactive ketones (excluding diaryl/α,β-unsaturated/α-hetero) is 1. The number of carbonyl (C=O) groups excluding carboxylic acids is 1. The fraction of sp³-hybridized carbons (Fsp3) is 0.111. The maximum absolute atomic E-state index is 11.5. The van der Waals surface area contributed by atoms with E-state index in [4.69, 9.17) is 28.3 Å². The molecule has 2 aromatic carbocycles. The van der Waals surface area contributed by atoms with E-state index in [1.165, 1.54) is 19.1 Å². The van der Waals surface area contributed by atoms with Gasteiger partial charge < -0.3 is 10.0 Å². The molecule has 0 heterocycles. The predicted octanol–water partition coefficient (Wildman–Crippen LogP) is 4.76. The lowest BCUT2D eigenvalue weighted by Gasteiger charge is -2.19. The van der Waals surface area contributed by atoms with Gasteiger partial charge in [0.25, 0.3) is 0 Å². The number of hydrogen-bond acceptors (Lipinski definition) is 3. The largest absolute Gasteiger partial charge is 0.478 e. The average Bonchev–Trinajstić information content (AvgIpc) is 2.52. The topological polar surface area (TPSA) is 57.6 Å². The Hall–Kier alpha value is -2.30. The fourth-order valence-corrected chi connectivity index (χ4v) is 2.57. The number of aromatic carboxylic acids is 1. The highest BCUT2D eigenvalue weighted by atomic mass is 35.5. The van der Waals surface area contributed by atoms with Gasteiger partial charge in [0.15, 0.2) is 0 Å². The quantitative estimate of drug-likeness (QED) is 0.803. The van der Waals surface area contributed by atoms with Crippen LogP contribution in [0.2, 0.25) is 10.0 Å². The van der Waals surface area contributed by atoms with Crippen LogP contribution in [-0.4, -0.2) is 23.4 Å². The number of rotatable bonds is 6. The van der Waals surface area contributed by atoms with Crippen LogP contribution in [0.15, 0.2) is 48.7 Å². The Labute approximate surface area is 149 Å². The fourth-order valence-electron chi connectivity index (χ4n) is 2.09. The van der Waals surface area contributed by atoms with E-state index in [0.29, 0.717) is 15.7 Å². The number of benzene rings is 2. The van der Waals surface area contributed by atoms with Gasteiger partial charge >= 0.3 is 5.97 Å². The molecule has 6 heteroatoms. The third kappa shape index (κ3) is 4.85. The van der Waals surface area contributed by atoms with Gasteiger partial charge in [-0.1, -0.05) is 35.3 Å². The Bertz CT molecular complexity index is 803. The first-order chi connectivity index (χ1) is 11.4. The highest BCUT2D eigenvalue weighted by Crippen LogP contribution is 2.23. The van der Waals surface area contributed by atoms with E-state index in [9.17, 15) is 9.59 Å². The van der Waals surface area contributed by atoms with Crippen LogP contribution in [0, 0.1) is 0 Å². The van der Waals surface area contributed by atoms with Gasteiger partial charge in [0.2, 0.25) is 0 Å². The summed E-state index contributed by atoms with van der Waals surface area (Å²) in [6, 6.07) is 11.5. The van der Waals surface area contributed by atoms with Crippen LogP contribution in [-0.2, 0) is 4.79 Å². The Morgan fingerprint density at radius 1 is 1.17 bits per heavy atom. The molecule has 0 radical (unpaired) electrons. The Morgan fingerprint density at radius 3 is 2.54 bits per heavy atom. The first kappa shape index (κ1) is 18.0. The number of ketones is 1. The van der Waals surface area contributed by atoms with Crippen molar-refractivity contribution in [2.45, 2.75) is 6.92 Å². The molecule has 124 valence electrons. The highest BCUT2D eigenvalue weighted by molar-refractivity contribution is 6.35. The van der Waals surface area contributed by atoms with Crippen molar-refractivity contribution >= 4 is 46.7 Å². The Balaban J connectivity index is 2.34. The van der Waals surface area contributed by atoms with E-state index < -0.39 is 5.97 Å². The van der Waals surface area contributed by atoms with E-state index in [0.717, 1.165) is 5.56 Å². The van der Waals surface area contributed by atoms with Gasteiger partial charge in [-0.15, -0.1) is 0 Å². The molecule has 0 aliphatic carbocycles. The van der Waals surface area contributed by atoms with Crippen LogP contribution in [0.3, 0.4) is 0 Å². The number of carbonyl (C=O) groups is 2. The highest BCUT2D eigenvalue weighted by Gasteiger charge is 2.10. The van der Waals surface area contributed by atoms with E-state index >= 15 is 0 Å². The Kier molecular flexibility index (Phi) is 6.01. The van der Waals surface area contributed by atoms with Crippen LogP contribution in [0.5, 0.6) is 0 Å². The van der Waals surface area contributed by atoms with Crippen molar-refractivity contribution in [2.24, 2.45) is 0 Å². The monoisotopic (exact) mass is 363 g/mol. The maximum atomic E-state index is 11.5. The minimum Gasteiger partial charge on any atom is -0.478 e. The standard InChI is InChI=1S/C18H15Cl2NO3/c1-12(22)11-21(16-4-2-3-14(9-16)18(23)24)8-7-13-5-6-15(19)10-17(13)20/h2-10H,11H2,1H3,(H,23,24). The zero-order chi connectivity index (χ0) is 17.7. The lowest BCUT2D eigenvalue weighted by molar-refractivity contribution is -0.115. The second-order valence-corrected chi connectivity index (χ2v) is 6.01. The molecule has 0 unspecified atom stereocenters. The van der Waals surface area contributed by atoms with E-state index in [1.54, 1.807) is 47.5 Å². The molecule has 0 saturated carbocycles. The van der Waals surface area contributed by atoms with E-state index in [1.807, 2.05) is 0 Å². The molecule has 0 aliphatic rings. The molecule has 0 spiro atoms. The first-order valence-electron chi connectivity index (χ1n) is 7.09. The van der Waals surface area contributed by atoms with Gasteiger partial charge in [-0.2, -0.15) is 0 Å². The number of hydrogen-bond donors (Lipinski definition) is 1. The lowest BCUT2D eigenvalue weighted by atomic mass is 10.1. The van der Waals surface area contributed by atoms with Gasteiger partial charge in [0, 0.05) is 21.9 Å². The Morgan fingerprint density at radius 2 is 1.92 bits per heavy atom. The predicted molar refractivity (Wildman–Crippen MR) is 96.9 cm³/mol. The van der Waals surface area contributed by atoms with Crippen LogP contribution in [0.25, 0.3) is 6.08 Å². The molecule has 0 saturated heterocycles. The summed E-state index contributed by atoms with van der Waals surface area (Å²) in [7, 11) is 0. The third-order valence-electron chi connectivity index (χ3n) is 3.21. The van der Waals surface area contributed by atoms with Gasteiger partial charge in [0.1, 0.15) is 5.78 Å². The number of carboxylic acid groups (broad SMARTS) is 1. The summed E-state index contributed by atoms with van der Waals surface area (Å²) in [5, 5.41) is 10.1. The minimum atomic E-state index is -1.02. The SMILES string of the molecule is CC(=O)CN(C=Cc1ccc(Cl)cc1Cl)c1cccc(C(=O)O)c1. The van der Waals surface area contributed by atoms with E-state index in [-0.39, 0.29) is 17.9 Å². The van der Waals surface area contributed by atoms with Crippen molar-refractivity contribution in [3.05, 3.63) is 69.8 Å². The van der Waals surface area contributed by atoms with Gasteiger partial charge in [-0.3, -0.25) is 4.79 Å². The second kappa shape index (κ2) is 7.99. The van der Waals surface area contributed by atoms with E-state index in [2.05, 4.69) is 0 Å². The van der Waals surface area contributed by atoms with Crippen LogP contribution in [0.1, 0.15) is 22.8 Å². The van der Waals surface area contributed by atoms with Crippen LogP contribution < -0.4 is 4.90 Å². The molecule has 1 N–H and O–H groups in total. The zero-order valence-corrected chi connectivity index (χ0v) is 14.4. The number of carboxylic acids is 1. The molecular weight excluding hydrogens is 349 g/mol. The molecular formula is C18H15Cl2NO3. The van der Waals surface area contributed by atoms with Gasteiger partial charge in [-0.25, -0.2) is 4.79 Å². The molecule has 4 nitrogen and oxygen atoms in total. The maximum Gasteiger partial charge on any atom is 0.335 e. The molecule has 0 bridgehead atoms. The van der Waals surface area contributed by atoms with Gasteiger partial charge in [0.05, 0.1) is 12.1 Å². The number of anilines is 1. The van der Waals surface area contributed by atoms with Crippen molar-refractivity contribution in [1.82, 2.24) is 0 Å². The molecule has 0 fully saturated rings. The van der Waals surface area contributed by atoms with Crippen molar-refractivity contribution in [1.29, 1.82) is 0 Å². The summed E-state index contributed by atoms with van der Waals surface area (Å²) < 4.78 is 0. The lowest BCUT2D eigenvalue weighted by Crippen LogP contribution is -2.23. The smallest absolute Gasteiger partial charge is 0.335 e. The summed E-state index contributed by atoms with van der Waals surface area (Å²) >= 11 is 12.0. The van der Waals surface area contributed by atoms with Crippen molar-refractivity contribution in [3.8, 4) is 0 Å². The summed E-state index contributed by atoms with van der Waals surface area (Å²) in [5.74, 6) is -1.08. The van der Waals surface area contributed by atoms with Crippen molar-refractivity contribution in [3.63, 3.8) is 0 Å². The summed E-state index contributed by atoms with van der Waals surface area (Å²) in [6.45, 7) is 1.59. The average molecular weight is 364 g/mol. The molecule has 0 aliphatic heterocycles. The second-order valence-electron chi connectivity index (χ2n) is 5.17. The first-order valence-corrected chi connectivity index (χ1v) is 7.85. The minimum absolute atomic E-state index is 0.0532. The molecule has 2 aromatic rings. The molecule has 24 heavy (non-hydrogen) atoms. The molecule has 2 rings (SSSR count). The number of nitrogens with zero attached hydrogens (tertiary/aromatic N) is 1. The zero-order valence-electron chi connectivity index (χ0n) is 12.9. The third-order valence-corrected chi connectivity index (χ3v) is 3.78. The van der Waals surface area contributed by atoms with Crippen molar-refractivity contribution < 1.29 is 14.7 Å². The van der Waals surface area contributed by atoms with Crippen LogP contribution >= 0.6 is 23.2 Å². The van der Waals surface area contributed by atoms with Crippen molar-refractivity contribution in [2.75, 3.05) is 11.4 Å².